The van der Waals surface area contributed by atoms with E-state index in [0.29, 0.717) is 28.2 Å². The average Bonchev–Trinajstić information content (AvgIpc) is 2.62. The molecule has 0 aliphatic carbocycles. The van der Waals surface area contributed by atoms with Crippen LogP contribution < -0.4 is 4.74 Å². The van der Waals surface area contributed by atoms with Crippen molar-refractivity contribution < 1.29 is 14.6 Å². The lowest BCUT2D eigenvalue weighted by Crippen LogP contribution is -2.00. The standard InChI is InChI=1S/C20H18ClNO3/c1-2-3-11-25-14-9-7-13(8-10-14)18-12-16(20(23)24)15-5-4-6-17(21)19(15)22-18/h4-10,12H,2-3,11H2,1H3,(H,23,24). The molecular weight excluding hydrogens is 338 g/mol. The van der Waals surface area contributed by atoms with Crippen LogP contribution in [0.1, 0.15) is 30.1 Å². The van der Waals surface area contributed by atoms with Crippen molar-refractivity contribution in [2.45, 2.75) is 19.8 Å². The number of benzene rings is 2. The molecule has 0 fully saturated rings. The fourth-order valence-electron chi connectivity index (χ4n) is 2.59. The highest BCUT2D eigenvalue weighted by Crippen LogP contribution is 2.29. The predicted octanol–water partition coefficient (Wildman–Crippen LogP) is 5.43. The second-order valence-electron chi connectivity index (χ2n) is 5.72. The van der Waals surface area contributed by atoms with E-state index in [1.807, 2.05) is 24.3 Å². The number of halogens is 1. The molecule has 3 rings (SSSR count). The van der Waals surface area contributed by atoms with Gasteiger partial charge in [-0.15, -0.1) is 0 Å². The van der Waals surface area contributed by atoms with E-state index in [1.54, 1.807) is 24.3 Å². The molecule has 4 nitrogen and oxygen atoms in total. The minimum Gasteiger partial charge on any atom is -0.494 e. The lowest BCUT2D eigenvalue weighted by atomic mass is 10.0. The van der Waals surface area contributed by atoms with Crippen molar-refractivity contribution in [2.75, 3.05) is 6.61 Å². The van der Waals surface area contributed by atoms with E-state index in [9.17, 15) is 9.90 Å². The van der Waals surface area contributed by atoms with Gasteiger partial charge in [-0.1, -0.05) is 37.1 Å². The number of para-hydroxylation sites is 1. The van der Waals surface area contributed by atoms with E-state index in [1.165, 1.54) is 0 Å². The number of unbranched alkanes of at least 4 members (excludes halogenated alkanes) is 1. The Bertz CT molecular complexity index is 907. The normalized spacial score (nSPS) is 10.8. The number of rotatable bonds is 6. The molecule has 0 saturated heterocycles. The van der Waals surface area contributed by atoms with Crippen molar-refractivity contribution in [2.24, 2.45) is 0 Å². The topological polar surface area (TPSA) is 59.4 Å². The third kappa shape index (κ3) is 3.74. The number of aromatic carboxylic acids is 1. The van der Waals surface area contributed by atoms with E-state index in [-0.39, 0.29) is 5.56 Å². The Balaban J connectivity index is 2.01. The van der Waals surface area contributed by atoms with Crippen molar-refractivity contribution in [3.63, 3.8) is 0 Å². The molecule has 25 heavy (non-hydrogen) atoms. The average molecular weight is 356 g/mol. The first kappa shape index (κ1) is 17.2. The Morgan fingerprint density at radius 3 is 2.64 bits per heavy atom. The van der Waals surface area contributed by atoms with Gasteiger partial charge in [0.05, 0.1) is 28.4 Å². The highest BCUT2D eigenvalue weighted by Gasteiger charge is 2.14. The quantitative estimate of drug-likeness (QED) is 0.599. The smallest absolute Gasteiger partial charge is 0.336 e. The molecule has 128 valence electrons. The van der Waals surface area contributed by atoms with Crippen LogP contribution in [0.2, 0.25) is 5.02 Å². The molecule has 1 N–H and O–H groups in total. The van der Waals surface area contributed by atoms with Gasteiger partial charge < -0.3 is 9.84 Å². The number of aromatic nitrogens is 1. The van der Waals surface area contributed by atoms with Crippen LogP contribution in [-0.2, 0) is 0 Å². The summed E-state index contributed by atoms with van der Waals surface area (Å²) in [5.41, 5.74) is 2.05. The van der Waals surface area contributed by atoms with Crippen molar-refractivity contribution in [3.05, 3.63) is 59.1 Å². The van der Waals surface area contributed by atoms with Crippen molar-refractivity contribution in [1.29, 1.82) is 0 Å². The molecule has 1 heterocycles. The summed E-state index contributed by atoms with van der Waals surface area (Å²) in [5, 5.41) is 10.5. The van der Waals surface area contributed by atoms with Gasteiger partial charge in [-0.25, -0.2) is 9.78 Å². The Kier molecular flexibility index (Phi) is 5.19. The van der Waals surface area contributed by atoms with Crippen LogP contribution in [0.5, 0.6) is 5.75 Å². The first-order valence-corrected chi connectivity index (χ1v) is 8.53. The molecule has 0 spiro atoms. The molecule has 0 unspecified atom stereocenters. The van der Waals surface area contributed by atoms with Crippen molar-refractivity contribution in [1.82, 2.24) is 4.98 Å². The number of nitrogens with zero attached hydrogens (tertiary/aromatic N) is 1. The van der Waals surface area contributed by atoms with Crippen LogP contribution in [0.4, 0.5) is 0 Å². The van der Waals surface area contributed by atoms with Crippen LogP contribution in [0.25, 0.3) is 22.2 Å². The highest BCUT2D eigenvalue weighted by molar-refractivity contribution is 6.35. The molecule has 0 aliphatic rings. The molecule has 2 aromatic carbocycles. The molecule has 5 heteroatoms. The number of hydrogen-bond acceptors (Lipinski definition) is 3. The molecular formula is C20H18ClNO3. The summed E-state index contributed by atoms with van der Waals surface area (Å²) >= 11 is 6.21. The van der Waals surface area contributed by atoms with Crippen molar-refractivity contribution in [3.8, 4) is 17.0 Å². The van der Waals surface area contributed by atoms with Gasteiger partial charge in [0.2, 0.25) is 0 Å². The predicted molar refractivity (Wildman–Crippen MR) is 99.6 cm³/mol. The van der Waals surface area contributed by atoms with Gasteiger partial charge in [-0.05, 0) is 42.8 Å². The summed E-state index contributed by atoms with van der Waals surface area (Å²) in [6.45, 7) is 2.80. The lowest BCUT2D eigenvalue weighted by Gasteiger charge is -2.09. The van der Waals surface area contributed by atoms with Crippen molar-refractivity contribution >= 4 is 28.5 Å². The number of hydrogen-bond donors (Lipinski definition) is 1. The van der Waals surface area contributed by atoms with E-state index in [0.717, 1.165) is 24.2 Å². The van der Waals surface area contributed by atoms with Crippen LogP contribution in [0, 0.1) is 0 Å². The van der Waals surface area contributed by atoms with E-state index >= 15 is 0 Å². The van der Waals surface area contributed by atoms with Crippen LogP contribution in [0.3, 0.4) is 0 Å². The summed E-state index contributed by atoms with van der Waals surface area (Å²) in [7, 11) is 0. The number of ether oxygens (including phenoxy) is 1. The van der Waals surface area contributed by atoms with Gasteiger partial charge in [0, 0.05) is 10.9 Å². The Labute approximate surface area is 151 Å². The van der Waals surface area contributed by atoms with E-state index in [2.05, 4.69) is 11.9 Å². The van der Waals surface area contributed by atoms with Gasteiger partial charge in [0.25, 0.3) is 0 Å². The minimum absolute atomic E-state index is 0.186. The SMILES string of the molecule is CCCCOc1ccc(-c2cc(C(=O)O)c3cccc(Cl)c3n2)cc1. The number of pyridine rings is 1. The first-order chi connectivity index (χ1) is 12.1. The third-order valence-corrected chi connectivity index (χ3v) is 4.24. The molecule has 0 bridgehead atoms. The number of carbonyl (C=O) groups is 1. The maximum Gasteiger partial charge on any atom is 0.336 e. The van der Waals surface area contributed by atoms with Crippen LogP contribution >= 0.6 is 11.6 Å². The van der Waals surface area contributed by atoms with E-state index < -0.39 is 5.97 Å². The zero-order valence-corrected chi connectivity index (χ0v) is 14.6. The maximum absolute atomic E-state index is 11.6. The highest BCUT2D eigenvalue weighted by atomic mass is 35.5. The summed E-state index contributed by atoms with van der Waals surface area (Å²) in [6.07, 6.45) is 2.09. The van der Waals surface area contributed by atoms with Gasteiger partial charge >= 0.3 is 5.97 Å². The van der Waals surface area contributed by atoms with Gasteiger partial charge in [0.15, 0.2) is 0 Å². The molecule has 0 radical (unpaired) electrons. The van der Waals surface area contributed by atoms with Crippen LogP contribution in [-0.4, -0.2) is 22.7 Å². The fraction of sp³-hybridized carbons (Fsp3) is 0.200. The van der Waals surface area contributed by atoms with Gasteiger partial charge in [-0.2, -0.15) is 0 Å². The number of carboxylic acid groups (broad SMARTS) is 1. The lowest BCUT2D eigenvalue weighted by molar-refractivity contribution is 0.0699. The Morgan fingerprint density at radius 1 is 1.20 bits per heavy atom. The molecule has 0 atom stereocenters. The monoisotopic (exact) mass is 355 g/mol. The van der Waals surface area contributed by atoms with E-state index in [4.69, 9.17) is 16.3 Å². The maximum atomic E-state index is 11.6. The second-order valence-corrected chi connectivity index (χ2v) is 6.13. The molecule has 0 saturated carbocycles. The minimum atomic E-state index is -1.00. The molecule has 3 aromatic rings. The summed E-state index contributed by atoms with van der Waals surface area (Å²) in [6, 6.07) is 14.2. The summed E-state index contributed by atoms with van der Waals surface area (Å²) in [4.78, 5) is 16.2. The zero-order valence-electron chi connectivity index (χ0n) is 13.8. The Hall–Kier alpha value is -2.59. The number of carboxylic acids is 1. The largest absolute Gasteiger partial charge is 0.494 e. The van der Waals surface area contributed by atoms with Gasteiger partial charge in [-0.3, -0.25) is 0 Å². The summed E-state index contributed by atoms with van der Waals surface area (Å²) < 4.78 is 5.65. The van der Waals surface area contributed by atoms with Gasteiger partial charge in [0.1, 0.15) is 5.75 Å². The fourth-order valence-corrected chi connectivity index (χ4v) is 2.81. The molecule has 1 aromatic heterocycles. The Morgan fingerprint density at radius 2 is 1.96 bits per heavy atom. The number of fused-ring (bicyclic) bond motifs is 1. The summed E-state index contributed by atoms with van der Waals surface area (Å²) in [5.74, 6) is -0.218. The molecule has 0 aliphatic heterocycles. The zero-order chi connectivity index (χ0) is 17.8. The van der Waals surface area contributed by atoms with Crippen LogP contribution in [0.15, 0.2) is 48.5 Å². The second kappa shape index (κ2) is 7.53. The molecule has 0 amide bonds. The first-order valence-electron chi connectivity index (χ1n) is 8.16. The third-order valence-electron chi connectivity index (χ3n) is 3.94.